The number of halogens is 1. The standard InChI is InChI=1S/C14H18ClNO3/c1-16(9-10-4-6-19-7-5-10)14(18)12-8-11(17)2-3-13(12)15/h2-3,8,10,17H,4-7,9H2,1H3. The van der Waals surface area contributed by atoms with Crippen LogP contribution in [0.2, 0.25) is 5.02 Å². The van der Waals surface area contributed by atoms with Crippen LogP contribution in [0.3, 0.4) is 0 Å². The number of benzene rings is 1. The van der Waals surface area contributed by atoms with E-state index in [4.69, 9.17) is 16.3 Å². The van der Waals surface area contributed by atoms with Gasteiger partial charge in [0, 0.05) is 26.8 Å². The normalized spacial score (nSPS) is 16.3. The maximum atomic E-state index is 12.3. The minimum absolute atomic E-state index is 0.0483. The molecule has 0 aliphatic carbocycles. The number of hydrogen-bond acceptors (Lipinski definition) is 3. The van der Waals surface area contributed by atoms with E-state index in [1.54, 1.807) is 11.9 Å². The minimum atomic E-state index is -0.160. The SMILES string of the molecule is CN(CC1CCOCC1)C(=O)c1cc(O)ccc1Cl. The Bertz CT molecular complexity index is 458. The van der Waals surface area contributed by atoms with Crippen LogP contribution in [-0.4, -0.2) is 42.7 Å². The van der Waals surface area contributed by atoms with E-state index >= 15 is 0 Å². The first-order chi connectivity index (χ1) is 9.08. The van der Waals surface area contributed by atoms with E-state index < -0.39 is 0 Å². The summed E-state index contributed by atoms with van der Waals surface area (Å²) in [6, 6.07) is 4.41. The molecule has 1 aliphatic heterocycles. The maximum absolute atomic E-state index is 12.3. The molecule has 0 bridgehead atoms. The summed E-state index contributed by atoms with van der Waals surface area (Å²) in [4.78, 5) is 14.0. The molecule has 1 aromatic rings. The van der Waals surface area contributed by atoms with E-state index in [2.05, 4.69) is 0 Å². The largest absolute Gasteiger partial charge is 0.508 e. The highest BCUT2D eigenvalue weighted by atomic mass is 35.5. The Balaban J connectivity index is 2.03. The number of ether oxygens (including phenoxy) is 1. The van der Waals surface area contributed by atoms with Crippen molar-refractivity contribution in [1.82, 2.24) is 4.90 Å². The van der Waals surface area contributed by atoms with Gasteiger partial charge >= 0.3 is 0 Å². The number of carbonyl (C=O) groups excluding carboxylic acids is 1. The fourth-order valence-electron chi connectivity index (χ4n) is 2.28. The van der Waals surface area contributed by atoms with Gasteiger partial charge in [0.1, 0.15) is 5.75 Å². The van der Waals surface area contributed by atoms with Crippen LogP contribution >= 0.6 is 11.6 Å². The molecule has 104 valence electrons. The summed E-state index contributed by atoms with van der Waals surface area (Å²) in [5.41, 5.74) is 0.344. The second-order valence-electron chi connectivity index (χ2n) is 4.91. The lowest BCUT2D eigenvalue weighted by Crippen LogP contribution is -2.34. The molecule has 0 aromatic heterocycles. The lowest BCUT2D eigenvalue weighted by Gasteiger charge is -2.27. The van der Waals surface area contributed by atoms with Crippen LogP contribution in [0.1, 0.15) is 23.2 Å². The zero-order valence-electron chi connectivity index (χ0n) is 10.9. The van der Waals surface area contributed by atoms with Gasteiger partial charge in [0.05, 0.1) is 10.6 Å². The van der Waals surface area contributed by atoms with Crippen molar-refractivity contribution in [3.8, 4) is 5.75 Å². The molecule has 4 nitrogen and oxygen atoms in total. The summed E-state index contributed by atoms with van der Waals surface area (Å²) in [5, 5.41) is 9.81. The quantitative estimate of drug-likeness (QED) is 0.927. The Kier molecular flexibility index (Phi) is 4.66. The maximum Gasteiger partial charge on any atom is 0.255 e. The van der Waals surface area contributed by atoms with E-state index in [0.29, 0.717) is 23.0 Å². The first-order valence-corrected chi connectivity index (χ1v) is 6.77. The molecule has 0 atom stereocenters. The number of aromatic hydroxyl groups is 1. The highest BCUT2D eigenvalue weighted by Gasteiger charge is 2.21. The van der Waals surface area contributed by atoms with Gasteiger partial charge in [0.15, 0.2) is 0 Å². The van der Waals surface area contributed by atoms with Crippen molar-refractivity contribution in [3.63, 3.8) is 0 Å². The first kappa shape index (κ1) is 14.2. The molecular weight excluding hydrogens is 266 g/mol. The number of phenols is 1. The first-order valence-electron chi connectivity index (χ1n) is 6.39. The zero-order chi connectivity index (χ0) is 13.8. The number of nitrogens with zero attached hydrogens (tertiary/aromatic N) is 1. The Morgan fingerprint density at radius 1 is 1.47 bits per heavy atom. The molecule has 0 unspecified atom stereocenters. The average Bonchev–Trinajstić information content (AvgIpc) is 2.42. The molecular formula is C14H18ClNO3. The van der Waals surface area contributed by atoms with Crippen LogP contribution in [0.25, 0.3) is 0 Å². The topological polar surface area (TPSA) is 49.8 Å². The summed E-state index contributed by atoms with van der Waals surface area (Å²) in [6.45, 7) is 2.22. The van der Waals surface area contributed by atoms with Crippen LogP contribution in [0.15, 0.2) is 18.2 Å². The molecule has 0 spiro atoms. The van der Waals surface area contributed by atoms with Gasteiger partial charge in [-0.3, -0.25) is 4.79 Å². The van der Waals surface area contributed by atoms with Crippen molar-refractivity contribution in [2.24, 2.45) is 5.92 Å². The fraction of sp³-hybridized carbons (Fsp3) is 0.500. The average molecular weight is 284 g/mol. The summed E-state index contributed by atoms with van der Waals surface area (Å²) in [6.07, 6.45) is 1.96. The van der Waals surface area contributed by atoms with Crippen molar-refractivity contribution in [1.29, 1.82) is 0 Å². The summed E-state index contributed by atoms with van der Waals surface area (Å²) < 4.78 is 5.30. The molecule has 0 radical (unpaired) electrons. The third kappa shape index (κ3) is 3.61. The van der Waals surface area contributed by atoms with Gasteiger partial charge in [-0.05, 0) is 37.0 Å². The van der Waals surface area contributed by atoms with Gasteiger partial charge in [0.25, 0.3) is 5.91 Å². The molecule has 1 heterocycles. The Hall–Kier alpha value is -1.26. The highest BCUT2D eigenvalue weighted by molar-refractivity contribution is 6.33. The number of hydrogen-bond donors (Lipinski definition) is 1. The second-order valence-corrected chi connectivity index (χ2v) is 5.31. The molecule has 0 saturated carbocycles. The molecule has 2 rings (SSSR count). The number of phenolic OH excluding ortho intramolecular Hbond substituents is 1. The molecule has 1 saturated heterocycles. The Labute approximate surface area is 117 Å². The third-order valence-electron chi connectivity index (χ3n) is 3.40. The van der Waals surface area contributed by atoms with E-state index in [1.165, 1.54) is 18.2 Å². The lowest BCUT2D eigenvalue weighted by atomic mass is 9.99. The Morgan fingerprint density at radius 2 is 2.16 bits per heavy atom. The van der Waals surface area contributed by atoms with Crippen LogP contribution in [0, 0.1) is 5.92 Å². The highest BCUT2D eigenvalue weighted by Crippen LogP contribution is 2.23. The van der Waals surface area contributed by atoms with Crippen molar-refractivity contribution in [3.05, 3.63) is 28.8 Å². The number of rotatable bonds is 3. The van der Waals surface area contributed by atoms with Gasteiger partial charge in [-0.15, -0.1) is 0 Å². The summed E-state index contributed by atoms with van der Waals surface area (Å²) >= 11 is 6.00. The predicted molar refractivity (Wildman–Crippen MR) is 73.6 cm³/mol. The third-order valence-corrected chi connectivity index (χ3v) is 3.73. The predicted octanol–water partition coefficient (Wildman–Crippen LogP) is 2.54. The zero-order valence-corrected chi connectivity index (χ0v) is 11.7. The van der Waals surface area contributed by atoms with Gasteiger partial charge in [-0.2, -0.15) is 0 Å². The van der Waals surface area contributed by atoms with E-state index in [9.17, 15) is 9.90 Å². The second kappa shape index (κ2) is 6.26. The number of carbonyl (C=O) groups is 1. The van der Waals surface area contributed by atoms with Crippen molar-refractivity contribution >= 4 is 17.5 Å². The minimum Gasteiger partial charge on any atom is -0.508 e. The summed E-state index contributed by atoms with van der Waals surface area (Å²) in [5.74, 6) is 0.360. The lowest BCUT2D eigenvalue weighted by molar-refractivity contribution is 0.0497. The van der Waals surface area contributed by atoms with E-state index in [-0.39, 0.29) is 11.7 Å². The fourth-order valence-corrected chi connectivity index (χ4v) is 2.48. The molecule has 19 heavy (non-hydrogen) atoms. The monoisotopic (exact) mass is 283 g/mol. The van der Waals surface area contributed by atoms with Gasteiger partial charge in [-0.25, -0.2) is 0 Å². The van der Waals surface area contributed by atoms with Crippen LogP contribution < -0.4 is 0 Å². The van der Waals surface area contributed by atoms with Crippen molar-refractivity contribution in [2.45, 2.75) is 12.8 Å². The smallest absolute Gasteiger partial charge is 0.255 e. The van der Waals surface area contributed by atoms with Crippen molar-refractivity contribution < 1.29 is 14.6 Å². The molecule has 1 fully saturated rings. The Morgan fingerprint density at radius 3 is 2.84 bits per heavy atom. The molecule has 1 N–H and O–H groups in total. The number of amides is 1. The van der Waals surface area contributed by atoms with E-state index in [0.717, 1.165) is 26.1 Å². The molecule has 1 aliphatic rings. The molecule has 1 aromatic carbocycles. The van der Waals surface area contributed by atoms with Crippen LogP contribution in [-0.2, 0) is 4.74 Å². The summed E-state index contributed by atoms with van der Waals surface area (Å²) in [7, 11) is 1.76. The van der Waals surface area contributed by atoms with Crippen LogP contribution in [0.4, 0.5) is 0 Å². The van der Waals surface area contributed by atoms with E-state index in [1.807, 2.05) is 0 Å². The molecule has 1 amide bonds. The molecule has 5 heteroatoms. The van der Waals surface area contributed by atoms with Gasteiger partial charge in [-0.1, -0.05) is 11.6 Å². The van der Waals surface area contributed by atoms with Crippen molar-refractivity contribution in [2.75, 3.05) is 26.8 Å². The van der Waals surface area contributed by atoms with Crippen LogP contribution in [0.5, 0.6) is 5.75 Å². The van der Waals surface area contributed by atoms with Gasteiger partial charge < -0.3 is 14.7 Å². The van der Waals surface area contributed by atoms with Gasteiger partial charge in [0.2, 0.25) is 0 Å².